The minimum Gasteiger partial charge on any atom is -0.461 e. The van der Waals surface area contributed by atoms with Crippen molar-refractivity contribution in [2.24, 2.45) is 5.92 Å². The monoisotopic (exact) mass is 253 g/mol. The van der Waals surface area contributed by atoms with Gasteiger partial charge in [0.2, 0.25) is 0 Å². The summed E-state index contributed by atoms with van der Waals surface area (Å²) < 4.78 is 5.35. The van der Waals surface area contributed by atoms with E-state index in [1.54, 1.807) is 6.07 Å². The fourth-order valence-corrected chi connectivity index (χ4v) is 2.98. The molecule has 0 atom stereocenters. The Morgan fingerprint density at radius 2 is 2.06 bits per heavy atom. The second-order valence-corrected chi connectivity index (χ2v) is 5.58. The molecule has 3 nitrogen and oxygen atoms in total. The Hall–Kier alpha value is -1.03. The van der Waals surface area contributed by atoms with Crippen LogP contribution in [0.2, 0.25) is 0 Å². The lowest BCUT2D eigenvalue weighted by Crippen LogP contribution is -2.14. The maximum atomic E-state index is 11.8. The minimum atomic E-state index is -0.262. The molecule has 0 aliphatic heterocycles. The number of thiophene rings is 1. The van der Waals surface area contributed by atoms with Gasteiger partial charge < -0.3 is 10.5 Å². The number of esters is 1. The molecule has 0 amide bonds. The topological polar surface area (TPSA) is 52.3 Å². The third-order valence-corrected chi connectivity index (χ3v) is 4.22. The van der Waals surface area contributed by atoms with Crippen LogP contribution in [0.1, 0.15) is 48.2 Å². The summed E-state index contributed by atoms with van der Waals surface area (Å²) in [6.07, 6.45) is 7.55. The van der Waals surface area contributed by atoms with Crippen LogP contribution in [0, 0.1) is 5.92 Å². The van der Waals surface area contributed by atoms with Gasteiger partial charge in [0.05, 0.1) is 12.3 Å². The maximum absolute atomic E-state index is 11.8. The summed E-state index contributed by atoms with van der Waals surface area (Å²) in [4.78, 5) is 12.3. The quantitative estimate of drug-likeness (QED) is 0.663. The Labute approximate surface area is 106 Å². The van der Waals surface area contributed by atoms with Crippen LogP contribution in [0.5, 0.6) is 0 Å². The Balaban J connectivity index is 1.81. The number of hydrogen-bond donors (Lipinski definition) is 1. The van der Waals surface area contributed by atoms with Crippen molar-refractivity contribution in [3.63, 3.8) is 0 Å². The van der Waals surface area contributed by atoms with Gasteiger partial charge in [0.25, 0.3) is 0 Å². The van der Waals surface area contributed by atoms with Gasteiger partial charge in [-0.1, -0.05) is 25.7 Å². The summed E-state index contributed by atoms with van der Waals surface area (Å²) in [6, 6.07) is 1.74. The number of nitrogen functional groups attached to an aromatic ring is 1. The summed E-state index contributed by atoms with van der Waals surface area (Å²) in [5, 5.41) is 1.82. The van der Waals surface area contributed by atoms with Crippen LogP contribution in [0.15, 0.2) is 11.4 Å². The van der Waals surface area contributed by atoms with Crippen LogP contribution < -0.4 is 5.73 Å². The highest BCUT2D eigenvalue weighted by Crippen LogP contribution is 2.24. The second-order valence-electron chi connectivity index (χ2n) is 4.66. The van der Waals surface area contributed by atoms with Crippen molar-refractivity contribution in [1.29, 1.82) is 0 Å². The molecule has 1 aliphatic carbocycles. The molecule has 1 aromatic heterocycles. The van der Waals surface area contributed by atoms with E-state index >= 15 is 0 Å². The summed E-state index contributed by atoms with van der Waals surface area (Å²) >= 11 is 1.35. The van der Waals surface area contributed by atoms with Crippen molar-refractivity contribution < 1.29 is 9.53 Å². The van der Waals surface area contributed by atoms with E-state index in [2.05, 4.69) is 0 Å². The molecular formula is C13H19NO2S. The molecular weight excluding hydrogens is 234 g/mol. The Bertz CT molecular complexity index is 367. The van der Waals surface area contributed by atoms with Gasteiger partial charge in [-0.3, -0.25) is 0 Å². The normalized spacial score (nSPS) is 17.6. The van der Waals surface area contributed by atoms with Gasteiger partial charge in [-0.15, -0.1) is 11.3 Å². The van der Waals surface area contributed by atoms with Crippen molar-refractivity contribution in [1.82, 2.24) is 0 Å². The van der Waals surface area contributed by atoms with Gasteiger partial charge in [-0.2, -0.15) is 0 Å². The lowest BCUT2D eigenvalue weighted by atomic mass is 10.0. The summed E-state index contributed by atoms with van der Waals surface area (Å²) in [5.74, 6) is 0.282. The average Bonchev–Trinajstić information content (AvgIpc) is 2.61. The molecule has 0 radical (unpaired) electrons. The molecule has 0 saturated heterocycles. The van der Waals surface area contributed by atoms with E-state index in [1.807, 2.05) is 5.38 Å². The predicted molar refractivity (Wildman–Crippen MR) is 70.2 cm³/mol. The van der Waals surface area contributed by atoms with Gasteiger partial charge in [-0.05, 0) is 30.2 Å². The number of carbonyl (C=O) groups excluding carboxylic acids is 1. The van der Waals surface area contributed by atoms with Gasteiger partial charge in [-0.25, -0.2) is 4.79 Å². The van der Waals surface area contributed by atoms with Crippen LogP contribution in [0.25, 0.3) is 0 Å². The van der Waals surface area contributed by atoms with E-state index in [0.717, 1.165) is 0 Å². The first-order valence-electron chi connectivity index (χ1n) is 6.27. The third-order valence-electron chi connectivity index (χ3n) is 3.31. The van der Waals surface area contributed by atoms with Crippen molar-refractivity contribution in [3.8, 4) is 0 Å². The SMILES string of the molecule is Nc1ccsc1C(=O)OCC1CCCCCC1. The Kier molecular flexibility index (Phi) is 4.42. The smallest absolute Gasteiger partial charge is 0.350 e. The van der Waals surface area contributed by atoms with Crippen molar-refractivity contribution in [2.75, 3.05) is 12.3 Å². The van der Waals surface area contributed by atoms with Crippen molar-refractivity contribution in [3.05, 3.63) is 16.3 Å². The molecule has 94 valence electrons. The molecule has 0 bridgehead atoms. The third kappa shape index (κ3) is 3.46. The number of hydrogen-bond acceptors (Lipinski definition) is 4. The zero-order valence-electron chi connectivity index (χ0n) is 9.98. The molecule has 1 saturated carbocycles. The van der Waals surface area contributed by atoms with E-state index in [1.165, 1.54) is 49.9 Å². The fraction of sp³-hybridized carbons (Fsp3) is 0.615. The number of anilines is 1. The number of ether oxygens (including phenoxy) is 1. The standard InChI is InChI=1S/C13H19NO2S/c14-11-7-8-17-12(11)13(15)16-9-10-5-3-1-2-4-6-10/h7-8,10H,1-6,9,14H2. The molecule has 0 aromatic carbocycles. The summed E-state index contributed by atoms with van der Waals surface area (Å²) in [6.45, 7) is 0.552. The zero-order valence-corrected chi connectivity index (χ0v) is 10.8. The zero-order chi connectivity index (χ0) is 12.1. The first-order chi connectivity index (χ1) is 8.27. The minimum absolute atomic E-state index is 0.262. The Morgan fingerprint density at radius 1 is 1.35 bits per heavy atom. The number of carbonyl (C=O) groups is 1. The highest BCUT2D eigenvalue weighted by atomic mass is 32.1. The van der Waals surface area contributed by atoms with Gasteiger partial charge >= 0.3 is 5.97 Å². The predicted octanol–water partition coefficient (Wildman–Crippen LogP) is 3.46. The molecule has 2 N–H and O–H groups in total. The van der Waals surface area contributed by atoms with Crippen LogP contribution in [-0.4, -0.2) is 12.6 Å². The molecule has 0 spiro atoms. The first-order valence-corrected chi connectivity index (χ1v) is 7.15. The molecule has 0 unspecified atom stereocenters. The summed E-state index contributed by atoms with van der Waals surface area (Å²) in [7, 11) is 0. The van der Waals surface area contributed by atoms with Crippen molar-refractivity contribution in [2.45, 2.75) is 38.5 Å². The highest BCUT2D eigenvalue weighted by Gasteiger charge is 2.17. The second kappa shape index (κ2) is 6.05. The molecule has 2 rings (SSSR count). The molecule has 4 heteroatoms. The molecule has 1 aliphatic rings. The van der Waals surface area contributed by atoms with Crippen LogP contribution in [0.4, 0.5) is 5.69 Å². The fourth-order valence-electron chi connectivity index (χ4n) is 2.27. The van der Waals surface area contributed by atoms with Crippen molar-refractivity contribution >= 4 is 23.0 Å². The van der Waals surface area contributed by atoms with Crippen LogP contribution in [-0.2, 0) is 4.74 Å². The largest absolute Gasteiger partial charge is 0.461 e. The first kappa shape index (κ1) is 12.4. The van der Waals surface area contributed by atoms with E-state index in [-0.39, 0.29) is 5.97 Å². The maximum Gasteiger partial charge on any atom is 0.350 e. The van der Waals surface area contributed by atoms with Crippen LogP contribution >= 0.6 is 11.3 Å². The number of nitrogens with two attached hydrogens (primary N) is 1. The lowest BCUT2D eigenvalue weighted by molar-refractivity contribution is 0.0434. The van der Waals surface area contributed by atoms with E-state index in [0.29, 0.717) is 23.1 Å². The highest BCUT2D eigenvalue weighted by molar-refractivity contribution is 7.12. The molecule has 1 heterocycles. The van der Waals surface area contributed by atoms with Gasteiger partial charge in [0.15, 0.2) is 0 Å². The molecule has 1 aromatic rings. The van der Waals surface area contributed by atoms with Gasteiger partial charge in [0.1, 0.15) is 4.88 Å². The van der Waals surface area contributed by atoms with E-state index < -0.39 is 0 Å². The number of rotatable bonds is 3. The van der Waals surface area contributed by atoms with Gasteiger partial charge in [0, 0.05) is 0 Å². The van der Waals surface area contributed by atoms with E-state index in [4.69, 9.17) is 10.5 Å². The Morgan fingerprint density at radius 3 is 2.65 bits per heavy atom. The summed E-state index contributed by atoms with van der Waals surface area (Å²) in [5.41, 5.74) is 6.21. The average molecular weight is 253 g/mol. The molecule has 17 heavy (non-hydrogen) atoms. The van der Waals surface area contributed by atoms with E-state index in [9.17, 15) is 4.79 Å². The molecule has 1 fully saturated rings. The van der Waals surface area contributed by atoms with Crippen LogP contribution in [0.3, 0.4) is 0 Å². The lowest BCUT2D eigenvalue weighted by Gasteiger charge is -2.13.